The van der Waals surface area contributed by atoms with Gasteiger partial charge in [0.15, 0.2) is 17.2 Å². The molecule has 3 aromatic carbocycles. The van der Waals surface area contributed by atoms with Crippen molar-refractivity contribution >= 4 is 23.3 Å². The number of para-hydroxylation sites is 1. The maximum Gasteiger partial charge on any atom is 0.357 e. The van der Waals surface area contributed by atoms with Crippen LogP contribution in [0, 0.1) is 20.2 Å². The molecule has 4 aromatic rings. The van der Waals surface area contributed by atoms with Crippen molar-refractivity contribution < 1.29 is 38.4 Å². The molecular weight excluding hydrogens is 528 g/mol. The molecule has 0 spiro atoms. The molecule has 0 fully saturated rings. The van der Waals surface area contributed by atoms with Crippen molar-refractivity contribution in [1.82, 2.24) is 9.78 Å². The second-order valence-corrected chi connectivity index (χ2v) is 7.94. The molecule has 0 saturated heterocycles. The van der Waals surface area contributed by atoms with E-state index in [-0.39, 0.29) is 34.2 Å². The number of carbonyl (C=O) groups is 2. The molecule has 40 heavy (non-hydrogen) atoms. The van der Waals surface area contributed by atoms with Gasteiger partial charge in [-0.15, -0.1) is 0 Å². The number of ether oxygens (including phenoxy) is 4. The fourth-order valence-corrected chi connectivity index (χ4v) is 3.82. The summed E-state index contributed by atoms with van der Waals surface area (Å²) in [6.45, 7) is 0. The monoisotopic (exact) mass is 548 g/mol. The minimum Gasteiger partial charge on any atom is -0.493 e. The van der Waals surface area contributed by atoms with Crippen LogP contribution < -0.4 is 9.47 Å². The highest BCUT2D eigenvalue weighted by Crippen LogP contribution is 2.40. The standard InChI is InChI=1S/C26H20N4O10/c1-37-21-13-15(9-11-20(21)40-19-12-10-17(29(33)34)14-18(19)30(35)36)23-22(25(31)38-2)24(26(32)39-3)28(27-23)16-7-5-4-6-8-16/h4-14H,1-3H3. The number of benzene rings is 3. The molecule has 0 bridgehead atoms. The van der Waals surface area contributed by atoms with Crippen LogP contribution in [0.3, 0.4) is 0 Å². The van der Waals surface area contributed by atoms with Crippen LogP contribution in [-0.4, -0.2) is 52.9 Å². The summed E-state index contributed by atoms with van der Waals surface area (Å²) >= 11 is 0. The Bertz CT molecular complexity index is 1630. The second kappa shape index (κ2) is 11.3. The zero-order valence-electron chi connectivity index (χ0n) is 21.2. The Morgan fingerprint density at radius 2 is 1.48 bits per heavy atom. The third-order valence-electron chi connectivity index (χ3n) is 5.66. The maximum atomic E-state index is 12.9. The van der Waals surface area contributed by atoms with Crippen LogP contribution in [0.1, 0.15) is 20.8 Å². The Balaban J connectivity index is 1.86. The summed E-state index contributed by atoms with van der Waals surface area (Å²) in [6.07, 6.45) is 0. The fraction of sp³-hybridized carbons (Fsp3) is 0.115. The van der Waals surface area contributed by atoms with Gasteiger partial charge >= 0.3 is 17.6 Å². The Kier molecular flexibility index (Phi) is 7.70. The fourth-order valence-electron chi connectivity index (χ4n) is 3.82. The van der Waals surface area contributed by atoms with Gasteiger partial charge in [-0.05, 0) is 36.4 Å². The lowest BCUT2D eigenvalue weighted by Crippen LogP contribution is -2.15. The van der Waals surface area contributed by atoms with Crippen molar-refractivity contribution in [2.75, 3.05) is 21.3 Å². The van der Waals surface area contributed by atoms with E-state index in [0.717, 1.165) is 32.4 Å². The number of methoxy groups -OCH3 is 3. The number of aromatic nitrogens is 2. The van der Waals surface area contributed by atoms with Crippen LogP contribution in [0.25, 0.3) is 16.9 Å². The molecular formula is C26H20N4O10. The van der Waals surface area contributed by atoms with E-state index in [2.05, 4.69) is 5.10 Å². The third kappa shape index (κ3) is 5.13. The van der Waals surface area contributed by atoms with Crippen LogP contribution in [0.2, 0.25) is 0 Å². The first-order valence-corrected chi connectivity index (χ1v) is 11.3. The highest BCUT2D eigenvalue weighted by molar-refractivity contribution is 6.07. The Labute approximate surface area is 225 Å². The molecule has 0 aliphatic heterocycles. The van der Waals surface area contributed by atoms with Crippen molar-refractivity contribution in [3.63, 3.8) is 0 Å². The molecule has 0 amide bonds. The van der Waals surface area contributed by atoms with Gasteiger partial charge in [-0.25, -0.2) is 14.3 Å². The van der Waals surface area contributed by atoms with Crippen molar-refractivity contribution in [2.45, 2.75) is 0 Å². The molecule has 0 atom stereocenters. The van der Waals surface area contributed by atoms with E-state index in [0.29, 0.717) is 11.3 Å². The lowest BCUT2D eigenvalue weighted by Gasteiger charge is -2.12. The zero-order chi connectivity index (χ0) is 29.0. The first kappa shape index (κ1) is 27.3. The highest BCUT2D eigenvalue weighted by Gasteiger charge is 2.32. The maximum absolute atomic E-state index is 12.9. The first-order valence-electron chi connectivity index (χ1n) is 11.3. The summed E-state index contributed by atoms with van der Waals surface area (Å²) in [5, 5.41) is 27.1. The third-order valence-corrected chi connectivity index (χ3v) is 5.66. The van der Waals surface area contributed by atoms with Gasteiger partial charge in [0, 0.05) is 11.6 Å². The number of nitrogens with zero attached hydrogens (tertiary/aromatic N) is 4. The van der Waals surface area contributed by atoms with Crippen LogP contribution in [-0.2, 0) is 9.47 Å². The Morgan fingerprint density at radius 3 is 2.08 bits per heavy atom. The van der Waals surface area contributed by atoms with Crippen molar-refractivity contribution in [1.29, 1.82) is 0 Å². The average Bonchev–Trinajstić information content (AvgIpc) is 3.37. The average molecular weight is 548 g/mol. The predicted octanol–water partition coefficient (Wildman–Crippen LogP) is 4.73. The van der Waals surface area contributed by atoms with Gasteiger partial charge in [0.2, 0.25) is 5.75 Å². The van der Waals surface area contributed by atoms with Gasteiger partial charge < -0.3 is 18.9 Å². The van der Waals surface area contributed by atoms with Crippen LogP contribution >= 0.6 is 0 Å². The van der Waals surface area contributed by atoms with E-state index in [4.69, 9.17) is 18.9 Å². The zero-order valence-corrected chi connectivity index (χ0v) is 21.2. The van der Waals surface area contributed by atoms with Crippen molar-refractivity contribution in [2.24, 2.45) is 0 Å². The Hall–Kier alpha value is -5.79. The number of hydrogen-bond donors (Lipinski definition) is 0. The normalized spacial score (nSPS) is 10.5. The summed E-state index contributed by atoms with van der Waals surface area (Å²) in [6, 6.07) is 15.9. The molecule has 1 aromatic heterocycles. The highest BCUT2D eigenvalue weighted by atomic mass is 16.6. The number of esters is 2. The van der Waals surface area contributed by atoms with E-state index in [9.17, 15) is 29.8 Å². The van der Waals surface area contributed by atoms with E-state index in [1.165, 1.54) is 30.0 Å². The number of nitro groups is 2. The van der Waals surface area contributed by atoms with Crippen LogP contribution in [0.4, 0.5) is 11.4 Å². The van der Waals surface area contributed by atoms with Gasteiger partial charge in [0.1, 0.15) is 11.3 Å². The summed E-state index contributed by atoms with van der Waals surface area (Å²) in [4.78, 5) is 46.7. The largest absolute Gasteiger partial charge is 0.493 e. The van der Waals surface area contributed by atoms with Gasteiger partial charge in [0.05, 0.1) is 42.9 Å². The summed E-state index contributed by atoms with van der Waals surface area (Å²) in [5.74, 6) is -1.84. The number of carbonyl (C=O) groups excluding carboxylic acids is 2. The number of hydrogen-bond acceptors (Lipinski definition) is 11. The Morgan fingerprint density at radius 1 is 0.800 bits per heavy atom. The van der Waals surface area contributed by atoms with Gasteiger partial charge in [-0.2, -0.15) is 5.10 Å². The lowest BCUT2D eigenvalue weighted by molar-refractivity contribution is -0.394. The molecule has 1 heterocycles. The minimum atomic E-state index is -0.849. The lowest BCUT2D eigenvalue weighted by atomic mass is 10.0. The van der Waals surface area contributed by atoms with Crippen molar-refractivity contribution in [3.8, 4) is 34.2 Å². The van der Waals surface area contributed by atoms with E-state index in [1.807, 2.05) is 0 Å². The second-order valence-electron chi connectivity index (χ2n) is 7.94. The van der Waals surface area contributed by atoms with Crippen LogP contribution in [0.5, 0.6) is 17.2 Å². The smallest absolute Gasteiger partial charge is 0.357 e. The van der Waals surface area contributed by atoms with Gasteiger partial charge in [-0.3, -0.25) is 20.2 Å². The number of rotatable bonds is 9. The molecule has 0 aliphatic carbocycles. The van der Waals surface area contributed by atoms with E-state index >= 15 is 0 Å². The predicted molar refractivity (Wildman–Crippen MR) is 138 cm³/mol. The first-order chi connectivity index (χ1) is 19.2. The number of non-ortho nitro benzene ring substituents is 1. The molecule has 0 radical (unpaired) electrons. The summed E-state index contributed by atoms with van der Waals surface area (Å²) < 4.78 is 22.2. The molecule has 14 nitrogen and oxygen atoms in total. The van der Waals surface area contributed by atoms with Crippen molar-refractivity contribution in [3.05, 3.63) is 98.2 Å². The van der Waals surface area contributed by atoms with E-state index < -0.39 is 33.2 Å². The van der Waals surface area contributed by atoms with Gasteiger partial charge in [0.25, 0.3) is 5.69 Å². The molecule has 0 aliphatic rings. The summed E-state index contributed by atoms with van der Waals surface area (Å²) in [5.41, 5.74) is -0.609. The molecule has 0 N–H and O–H groups in total. The van der Waals surface area contributed by atoms with Crippen LogP contribution in [0.15, 0.2) is 66.7 Å². The van der Waals surface area contributed by atoms with Gasteiger partial charge in [-0.1, -0.05) is 18.2 Å². The molecule has 14 heteroatoms. The number of nitro benzene ring substituents is 2. The minimum absolute atomic E-state index is 0.0264. The molecule has 4 rings (SSSR count). The molecule has 204 valence electrons. The molecule has 0 saturated carbocycles. The topological polar surface area (TPSA) is 175 Å². The quantitative estimate of drug-likeness (QED) is 0.161. The molecule has 0 unspecified atom stereocenters. The SMILES string of the molecule is COC(=O)c1c(-c2ccc(Oc3ccc([N+](=O)[O-])cc3[N+](=O)[O-])c(OC)c2)nn(-c2ccccc2)c1C(=O)OC. The van der Waals surface area contributed by atoms with E-state index in [1.54, 1.807) is 30.3 Å². The summed E-state index contributed by atoms with van der Waals surface area (Å²) in [7, 11) is 3.64.